The lowest BCUT2D eigenvalue weighted by Gasteiger charge is -2.38. The molecule has 0 bridgehead atoms. The minimum atomic E-state index is -0.760. The van der Waals surface area contributed by atoms with Crippen molar-refractivity contribution in [2.24, 2.45) is 0 Å². The minimum Gasteiger partial charge on any atom is -0.389 e. The van der Waals surface area contributed by atoms with E-state index in [4.69, 9.17) is 0 Å². The summed E-state index contributed by atoms with van der Waals surface area (Å²) in [5, 5.41) is 12.2. The number of pyridine rings is 1. The van der Waals surface area contributed by atoms with Gasteiger partial charge in [-0.25, -0.2) is 0 Å². The van der Waals surface area contributed by atoms with Gasteiger partial charge in [0.15, 0.2) is 0 Å². The lowest BCUT2D eigenvalue weighted by molar-refractivity contribution is -0.0163. The first-order chi connectivity index (χ1) is 17.0. The molecule has 6 heteroatoms. The molecule has 1 amide bonds. The van der Waals surface area contributed by atoms with E-state index < -0.39 is 5.60 Å². The van der Waals surface area contributed by atoms with E-state index >= 15 is 0 Å². The van der Waals surface area contributed by atoms with Gasteiger partial charge in [-0.2, -0.15) is 0 Å². The standard InChI is InChI=1S/C29H29N3O2S/c1-21-6-2-3-7-24(21)20-29(34)15-18-32(19-16-29)28(33)23-11-13-25(14-12-23)31-35-26-10-4-8-22-9-5-17-30-27(22)26/h2-14,17,31,34H,15-16,18-20H2,1H3. The van der Waals surface area contributed by atoms with Crippen LogP contribution in [0.3, 0.4) is 0 Å². The number of anilines is 1. The third kappa shape index (κ3) is 5.34. The van der Waals surface area contributed by atoms with Crippen molar-refractivity contribution in [3.8, 4) is 0 Å². The van der Waals surface area contributed by atoms with Crippen LogP contribution in [0.25, 0.3) is 10.9 Å². The van der Waals surface area contributed by atoms with E-state index in [1.54, 1.807) is 6.20 Å². The van der Waals surface area contributed by atoms with E-state index in [0.717, 1.165) is 21.5 Å². The summed E-state index contributed by atoms with van der Waals surface area (Å²) in [6, 6.07) is 25.9. The van der Waals surface area contributed by atoms with E-state index in [9.17, 15) is 9.90 Å². The second-order valence-electron chi connectivity index (χ2n) is 9.23. The van der Waals surface area contributed by atoms with E-state index in [1.165, 1.54) is 23.1 Å². The first kappa shape index (κ1) is 23.4. The number of hydrogen-bond acceptors (Lipinski definition) is 5. The summed E-state index contributed by atoms with van der Waals surface area (Å²) in [4.78, 5) is 20.5. The summed E-state index contributed by atoms with van der Waals surface area (Å²) < 4.78 is 3.36. The van der Waals surface area contributed by atoms with Crippen LogP contribution in [0.15, 0.2) is 90.0 Å². The Morgan fingerprint density at radius 2 is 1.74 bits per heavy atom. The molecule has 5 nitrogen and oxygen atoms in total. The number of carbonyl (C=O) groups is 1. The van der Waals surface area contributed by atoms with Gasteiger partial charge in [-0.05, 0) is 79.2 Å². The van der Waals surface area contributed by atoms with Crippen LogP contribution in [0.1, 0.15) is 34.3 Å². The number of amides is 1. The minimum absolute atomic E-state index is 0.0143. The Labute approximate surface area is 210 Å². The van der Waals surface area contributed by atoms with Gasteiger partial charge in [-0.15, -0.1) is 0 Å². The Bertz CT molecular complexity index is 1330. The number of para-hydroxylation sites is 1. The molecule has 4 aromatic rings. The largest absolute Gasteiger partial charge is 0.389 e. The average Bonchev–Trinajstić information content (AvgIpc) is 2.89. The zero-order chi connectivity index (χ0) is 24.3. The predicted octanol–water partition coefficient (Wildman–Crippen LogP) is 5.87. The maximum absolute atomic E-state index is 13.1. The maximum atomic E-state index is 13.1. The molecular formula is C29H29N3O2S. The molecule has 178 valence electrons. The Hall–Kier alpha value is -3.35. The molecule has 0 spiro atoms. The Kier molecular flexibility index (Phi) is 6.75. The fourth-order valence-electron chi connectivity index (χ4n) is 4.60. The second-order valence-corrected chi connectivity index (χ2v) is 10.1. The number of nitrogens with zero attached hydrogens (tertiary/aromatic N) is 2. The van der Waals surface area contributed by atoms with Crippen LogP contribution in [0.5, 0.6) is 0 Å². The molecule has 35 heavy (non-hydrogen) atoms. The molecule has 0 radical (unpaired) electrons. The van der Waals surface area contributed by atoms with E-state index in [-0.39, 0.29) is 5.91 Å². The predicted molar refractivity (Wildman–Crippen MR) is 143 cm³/mol. The molecule has 1 aliphatic rings. The molecule has 5 rings (SSSR count). The highest BCUT2D eigenvalue weighted by Crippen LogP contribution is 2.30. The van der Waals surface area contributed by atoms with Gasteiger partial charge in [0.2, 0.25) is 0 Å². The normalized spacial score (nSPS) is 15.2. The van der Waals surface area contributed by atoms with Crippen molar-refractivity contribution in [2.75, 3.05) is 17.8 Å². The number of aliphatic hydroxyl groups is 1. The number of nitrogens with one attached hydrogen (secondary N) is 1. The highest BCUT2D eigenvalue weighted by Gasteiger charge is 2.34. The van der Waals surface area contributed by atoms with Gasteiger partial charge >= 0.3 is 0 Å². The summed E-state index contributed by atoms with van der Waals surface area (Å²) in [5.74, 6) is 0.0143. The summed E-state index contributed by atoms with van der Waals surface area (Å²) in [6.45, 7) is 3.20. The van der Waals surface area contributed by atoms with E-state index in [1.807, 2.05) is 59.5 Å². The lowest BCUT2D eigenvalue weighted by atomic mass is 9.84. The van der Waals surface area contributed by atoms with Crippen molar-refractivity contribution in [1.82, 2.24) is 9.88 Å². The van der Waals surface area contributed by atoms with Crippen molar-refractivity contribution >= 4 is 34.4 Å². The highest BCUT2D eigenvalue weighted by atomic mass is 32.2. The van der Waals surface area contributed by atoms with Gasteiger partial charge in [-0.3, -0.25) is 9.78 Å². The molecule has 1 saturated heterocycles. The van der Waals surface area contributed by atoms with Crippen molar-refractivity contribution in [3.05, 3.63) is 102 Å². The number of piperidine rings is 1. The van der Waals surface area contributed by atoms with Crippen LogP contribution in [-0.2, 0) is 6.42 Å². The highest BCUT2D eigenvalue weighted by molar-refractivity contribution is 8.00. The lowest BCUT2D eigenvalue weighted by Crippen LogP contribution is -2.47. The van der Waals surface area contributed by atoms with Crippen LogP contribution in [0, 0.1) is 6.92 Å². The molecule has 0 atom stereocenters. The number of likely N-dealkylation sites (tertiary alicyclic amines) is 1. The number of fused-ring (bicyclic) bond motifs is 1. The van der Waals surface area contributed by atoms with Crippen LogP contribution in [0.4, 0.5) is 5.69 Å². The Morgan fingerprint density at radius 3 is 2.51 bits per heavy atom. The van der Waals surface area contributed by atoms with Gasteiger partial charge in [0, 0.05) is 42.3 Å². The number of hydrogen-bond donors (Lipinski definition) is 2. The number of aryl methyl sites for hydroxylation is 1. The molecule has 0 saturated carbocycles. The zero-order valence-corrected chi connectivity index (χ0v) is 20.6. The van der Waals surface area contributed by atoms with Gasteiger partial charge in [0.05, 0.1) is 16.0 Å². The third-order valence-electron chi connectivity index (χ3n) is 6.77. The first-order valence-electron chi connectivity index (χ1n) is 11.9. The smallest absolute Gasteiger partial charge is 0.253 e. The molecule has 2 N–H and O–H groups in total. The quantitative estimate of drug-likeness (QED) is 0.336. The van der Waals surface area contributed by atoms with Crippen molar-refractivity contribution < 1.29 is 9.90 Å². The number of rotatable bonds is 6. The zero-order valence-electron chi connectivity index (χ0n) is 19.8. The van der Waals surface area contributed by atoms with Gasteiger partial charge in [-0.1, -0.05) is 42.5 Å². The van der Waals surface area contributed by atoms with Gasteiger partial charge in [0.25, 0.3) is 5.91 Å². The van der Waals surface area contributed by atoms with Crippen molar-refractivity contribution in [1.29, 1.82) is 0 Å². The number of benzene rings is 3. The second kappa shape index (κ2) is 10.1. The van der Waals surface area contributed by atoms with Crippen molar-refractivity contribution in [2.45, 2.75) is 36.7 Å². The molecule has 0 unspecified atom stereocenters. The van der Waals surface area contributed by atoms with Crippen LogP contribution < -0.4 is 4.72 Å². The fraction of sp³-hybridized carbons (Fsp3) is 0.241. The van der Waals surface area contributed by atoms with Gasteiger partial charge < -0.3 is 14.7 Å². The summed E-state index contributed by atoms with van der Waals surface area (Å²) >= 11 is 1.51. The molecule has 1 fully saturated rings. The summed E-state index contributed by atoms with van der Waals surface area (Å²) in [7, 11) is 0. The molecule has 2 heterocycles. The SMILES string of the molecule is Cc1ccccc1CC1(O)CCN(C(=O)c2ccc(NSc3cccc4cccnc34)cc2)CC1. The monoisotopic (exact) mass is 483 g/mol. The Morgan fingerprint density at radius 1 is 1.00 bits per heavy atom. The molecule has 0 aliphatic carbocycles. The van der Waals surface area contributed by atoms with Crippen molar-refractivity contribution in [3.63, 3.8) is 0 Å². The first-order valence-corrected chi connectivity index (χ1v) is 12.8. The maximum Gasteiger partial charge on any atom is 0.253 e. The van der Waals surface area contributed by atoms with Crippen LogP contribution >= 0.6 is 11.9 Å². The number of aromatic nitrogens is 1. The fourth-order valence-corrected chi connectivity index (χ4v) is 5.38. The van der Waals surface area contributed by atoms with Gasteiger partial charge in [0.1, 0.15) is 0 Å². The number of carbonyl (C=O) groups excluding carboxylic acids is 1. The summed E-state index contributed by atoms with van der Waals surface area (Å²) in [6.07, 6.45) is 3.60. The third-order valence-corrected chi connectivity index (χ3v) is 7.66. The van der Waals surface area contributed by atoms with E-state index in [0.29, 0.717) is 37.9 Å². The molecule has 1 aromatic heterocycles. The average molecular weight is 484 g/mol. The van der Waals surface area contributed by atoms with E-state index in [2.05, 4.69) is 40.9 Å². The molecule has 1 aliphatic heterocycles. The molecule has 3 aromatic carbocycles. The topological polar surface area (TPSA) is 65.5 Å². The summed E-state index contributed by atoms with van der Waals surface area (Å²) in [5.41, 5.74) is 4.16. The Balaban J connectivity index is 1.18. The van der Waals surface area contributed by atoms with Crippen LogP contribution in [0.2, 0.25) is 0 Å². The van der Waals surface area contributed by atoms with Crippen LogP contribution in [-0.4, -0.2) is 39.6 Å². The molecular weight excluding hydrogens is 454 g/mol.